The number of nitrogens with one attached hydrogen (secondary N) is 1. The minimum absolute atomic E-state index is 0.00359. The summed E-state index contributed by atoms with van der Waals surface area (Å²) in [4.78, 5) is 12.3. The second kappa shape index (κ2) is 5.31. The van der Waals surface area contributed by atoms with Gasteiger partial charge in [-0.1, -0.05) is 0 Å². The molecule has 2 rings (SSSR count). The summed E-state index contributed by atoms with van der Waals surface area (Å²) >= 11 is 6.06. The number of carbonyl (C=O) groups excluding carboxylic acids is 1. The molecule has 0 saturated heterocycles. The van der Waals surface area contributed by atoms with Crippen molar-refractivity contribution in [2.24, 2.45) is 7.05 Å². The maximum absolute atomic E-state index is 12.3. The molecule has 0 unspecified atom stereocenters. The lowest BCUT2D eigenvalue weighted by Crippen LogP contribution is -2.38. The summed E-state index contributed by atoms with van der Waals surface area (Å²) in [5.74, 6) is -0.00359. The molecule has 1 aliphatic carbocycles. The topological polar surface area (TPSA) is 46.9 Å². The van der Waals surface area contributed by atoms with E-state index in [0.29, 0.717) is 5.56 Å². The van der Waals surface area contributed by atoms with E-state index in [1.807, 2.05) is 20.9 Å². The maximum atomic E-state index is 12.3. The van der Waals surface area contributed by atoms with E-state index in [9.17, 15) is 4.79 Å². The van der Waals surface area contributed by atoms with Crippen LogP contribution in [0.4, 0.5) is 0 Å². The molecule has 0 aromatic carbocycles. The summed E-state index contributed by atoms with van der Waals surface area (Å²) in [6, 6.07) is 0.256. The molecule has 0 atom stereocenters. The number of amides is 1. The highest BCUT2D eigenvalue weighted by atomic mass is 35.5. The lowest BCUT2D eigenvalue weighted by atomic mass is 9.94. The van der Waals surface area contributed by atoms with E-state index in [1.165, 1.54) is 0 Å². The number of carbonyl (C=O) groups is 1. The van der Waals surface area contributed by atoms with Crippen molar-refractivity contribution in [2.75, 3.05) is 0 Å². The van der Waals surface area contributed by atoms with E-state index < -0.39 is 0 Å². The highest BCUT2D eigenvalue weighted by Crippen LogP contribution is 2.23. The Morgan fingerprint density at radius 1 is 1.33 bits per heavy atom. The van der Waals surface area contributed by atoms with Crippen LogP contribution in [0.15, 0.2) is 0 Å². The van der Waals surface area contributed by atoms with Crippen molar-refractivity contribution in [3.8, 4) is 0 Å². The fraction of sp³-hybridized carbons (Fsp3) is 0.692. The van der Waals surface area contributed by atoms with E-state index in [4.69, 9.17) is 11.6 Å². The van der Waals surface area contributed by atoms with Crippen molar-refractivity contribution in [3.63, 3.8) is 0 Å². The zero-order valence-corrected chi connectivity index (χ0v) is 11.9. The quantitative estimate of drug-likeness (QED) is 0.838. The van der Waals surface area contributed by atoms with Gasteiger partial charge in [-0.15, -0.1) is 11.6 Å². The Labute approximate surface area is 113 Å². The molecule has 0 radical (unpaired) electrons. The Morgan fingerprint density at radius 2 is 1.94 bits per heavy atom. The molecule has 100 valence electrons. The van der Waals surface area contributed by atoms with Crippen LogP contribution < -0.4 is 5.32 Å². The van der Waals surface area contributed by atoms with Gasteiger partial charge in [-0.2, -0.15) is 5.10 Å². The van der Waals surface area contributed by atoms with Gasteiger partial charge in [0, 0.05) is 24.2 Å². The molecular weight excluding hydrogens is 250 g/mol. The third-order valence-electron chi connectivity index (χ3n) is 3.73. The molecule has 1 fully saturated rings. The number of nitrogens with zero attached hydrogens (tertiary/aromatic N) is 2. The minimum Gasteiger partial charge on any atom is -0.349 e. The molecule has 4 nitrogen and oxygen atoms in total. The molecule has 1 aromatic heterocycles. The summed E-state index contributed by atoms with van der Waals surface area (Å²) in [5.41, 5.74) is 2.42. The van der Waals surface area contributed by atoms with Crippen molar-refractivity contribution < 1.29 is 4.79 Å². The molecule has 1 N–H and O–H groups in total. The number of hydrogen-bond donors (Lipinski definition) is 1. The Kier molecular flexibility index (Phi) is 3.95. The van der Waals surface area contributed by atoms with Crippen LogP contribution in [0, 0.1) is 13.8 Å². The molecule has 0 aliphatic heterocycles. The Morgan fingerprint density at radius 3 is 2.44 bits per heavy atom. The van der Waals surface area contributed by atoms with E-state index in [1.54, 1.807) is 4.68 Å². The van der Waals surface area contributed by atoms with Crippen LogP contribution in [0.5, 0.6) is 0 Å². The van der Waals surface area contributed by atoms with Crippen molar-refractivity contribution in [2.45, 2.75) is 50.9 Å². The molecule has 18 heavy (non-hydrogen) atoms. The number of halogens is 1. The monoisotopic (exact) mass is 269 g/mol. The standard InChI is InChI=1S/C13H20ClN3O/c1-8-12(9(2)17(3)16-8)13(18)15-11-6-4-10(14)5-7-11/h10-11H,4-7H2,1-3H3,(H,15,18). The molecule has 1 heterocycles. The van der Waals surface area contributed by atoms with Crippen LogP contribution in [0.1, 0.15) is 47.4 Å². The number of aromatic nitrogens is 2. The largest absolute Gasteiger partial charge is 0.349 e. The van der Waals surface area contributed by atoms with Crippen LogP contribution in [-0.4, -0.2) is 27.1 Å². The van der Waals surface area contributed by atoms with Crippen molar-refractivity contribution in [1.29, 1.82) is 0 Å². The van der Waals surface area contributed by atoms with Gasteiger partial charge < -0.3 is 5.32 Å². The maximum Gasteiger partial charge on any atom is 0.255 e. The van der Waals surface area contributed by atoms with Gasteiger partial charge in [0.25, 0.3) is 5.91 Å². The summed E-state index contributed by atoms with van der Waals surface area (Å²) in [7, 11) is 1.86. The molecule has 1 amide bonds. The van der Waals surface area contributed by atoms with Crippen molar-refractivity contribution in [3.05, 3.63) is 17.0 Å². The molecule has 1 aliphatic rings. The first-order chi connectivity index (χ1) is 8.49. The summed E-state index contributed by atoms with van der Waals surface area (Å²) < 4.78 is 1.75. The van der Waals surface area contributed by atoms with E-state index >= 15 is 0 Å². The lowest BCUT2D eigenvalue weighted by Gasteiger charge is -2.25. The van der Waals surface area contributed by atoms with Crippen LogP contribution in [0.2, 0.25) is 0 Å². The SMILES string of the molecule is Cc1nn(C)c(C)c1C(=O)NC1CCC(Cl)CC1. The van der Waals surface area contributed by atoms with Crippen LogP contribution in [0.3, 0.4) is 0 Å². The molecule has 1 aromatic rings. The predicted octanol–water partition coefficient (Wildman–Crippen LogP) is 2.32. The van der Waals surface area contributed by atoms with Gasteiger partial charge in [0.05, 0.1) is 11.3 Å². The van der Waals surface area contributed by atoms with Gasteiger partial charge in [0.1, 0.15) is 0 Å². The van der Waals surface area contributed by atoms with E-state index in [-0.39, 0.29) is 17.3 Å². The smallest absolute Gasteiger partial charge is 0.255 e. The van der Waals surface area contributed by atoms with Crippen LogP contribution in [0.25, 0.3) is 0 Å². The highest BCUT2D eigenvalue weighted by Gasteiger charge is 2.24. The van der Waals surface area contributed by atoms with Gasteiger partial charge >= 0.3 is 0 Å². The number of rotatable bonds is 2. The second-order valence-corrected chi connectivity index (χ2v) is 5.71. The Hall–Kier alpha value is -1.03. The van der Waals surface area contributed by atoms with Crippen molar-refractivity contribution >= 4 is 17.5 Å². The summed E-state index contributed by atoms with van der Waals surface area (Å²) in [6.07, 6.45) is 3.91. The van der Waals surface area contributed by atoms with Crippen LogP contribution in [-0.2, 0) is 7.05 Å². The average molecular weight is 270 g/mol. The van der Waals surface area contributed by atoms with E-state index in [0.717, 1.165) is 37.1 Å². The second-order valence-electron chi connectivity index (χ2n) is 5.09. The minimum atomic E-state index is -0.00359. The first-order valence-corrected chi connectivity index (χ1v) is 6.87. The molecule has 1 saturated carbocycles. The van der Waals surface area contributed by atoms with Gasteiger partial charge in [-0.3, -0.25) is 9.48 Å². The van der Waals surface area contributed by atoms with Gasteiger partial charge in [-0.05, 0) is 39.5 Å². The predicted molar refractivity (Wildman–Crippen MR) is 72.0 cm³/mol. The van der Waals surface area contributed by atoms with Gasteiger partial charge in [0.2, 0.25) is 0 Å². The van der Waals surface area contributed by atoms with Gasteiger partial charge in [-0.25, -0.2) is 0 Å². The zero-order valence-electron chi connectivity index (χ0n) is 11.2. The first-order valence-electron chi connectivity index (χ1n) is 6.44. The lowest BCUT2D eigenvalue weighted by molar-refractivity contribution is 0.0926. The number of alkyl halides is 1. The Bertz CT molecular complexity index is 447. The number of aryl methyl sites for hydroxylation is 2. The fourth-order valence-electron chi connectivity index (χ4n) is 2.56. The van der Waals surface area contributed by atoms with Crippen LogP contribution >= 0.6 is 11.6 Å². The normalized spacial score (nSPS) is 24.0. The van der Waals surface area contributed by atoms with Crippen molar-refractivity contribution in [1.82, 2.24) is 15.1 Å². The third-order valence-corrected chi connectivity index (χ3v) is 4.16. The molecule has 0 bridgehead atoms. The van der Waals surface area contributed by atoms with E-state index in [2.05, 4.69) is 10.4 Å². The third kappa shape index (κ3) is 2.69. The Balaban J connectivity index is 2.04. The number of hydrogen-bond acceptors (Lipinski definition) is 2. The summed E-state index contributed by atoms with van der Waals surface area (Å²) in [6.45, 7) is 3.79. The summed E-state index contributed by atoms with van der Waals surface area (Å²) in [5, 5.41) is 7.65. The molecule has 5 heteroatoms. The fourth-order valence-corrected chi connectivity index (χ4v) is 2.81. The zero-order chi connectivity index (χ0) is 13.3. The highest BCUT2D eigenvalue weighted by molar-refractivity contribution is 6.20. The van der Waals surface area contributed by atoms with Gasteiger partial charge in [0.15, 0.2) is 0 Å². The average Bonchev–Trinajstić information content (AvgIpc) is 2.56. The first kappa shape index (κ1) is 13.4. The molecule has 0 spiro atoms. The molecular formula is C13H20ClN3O.